The third-order valence-electron chi connectivity index (χ3n) is 1.05. The van der Waals surface area contributed by atoms with E-state index in [0.29, 0.717) is 17.0 Å². The molecule has 0 aliphatic heterocycles. The first-order chi connectivity index (χ1) is 5.04. The summed E-state index contributed by atoms with van der Waals surface area (Å²) in [5, 5.41) is 0.684. The van der Waals surface area contributed by atoms with Crippen LogP contribution in [0.1, 0.15) is 0 Å². The summed E-state index contributed by atoms with van der Waals surface area (Å²) in [6.45, 7) is 1.19. The largest absolute Gasteiger partial charge is 0.300 e. The highest BCUT2D eigenvalue weighted by molar-refractivity contribution is 7.50. The van der Waals surface area contributed by atoms with E-state index in [9.17, 15) is 0 Å². The van der Waals surface area contributed by atoms with Gasteiger partial charge < -0.3 is 0 Å². The Labute approximate surface area is 87.2 Å². The predicted molar refractivity (Wildman–Crippen MR) is 57.2 cm³/mol. The molecule has 11 heavy (non-hydrogen) atoms. The molecule has 0 atom stereocenters. The van der Waals surface area contributed by atoms with E-state index < -0.39 is 6.69 Å². The molecular weight excluding hydrogens is 242 g/mol. The van der Waals surface area contributed by atoms with Gasteiger partial charge in [0.15, 0.2) is 0 Å². The van der Waals surface area contributed by atoms with Gasteiger partial charge in [-0.3, -0.25) is 0 Å². The highest BCUT2D eigenvalue weighted by Gasteiger charge is 2.27. The van der Waals surface area contributed by atoms with Crippen LogP contribution in [0.4, 0.5) is 0 Å². The van der Waals surface area contributed by atoms with Crippen LogP contribution in [0.5, 0.6) is 0 Å². The highest BCUT2D eigenvalue weighted by atomic mass is 35.7. The van der Waals surface area contributed by atoms with E-state index in [-0.39, 0.29) is 0 Å². The van der Waals surface area contributed by atoms with Crippen LogP contribution >= 0.6 is 45.4 Å². The lowest BCUT2D eigenvalue weighted by Gasteiger charge is -2.11. The quantitative estimate of drug-likeness (QED) is 0.406. The van der Waals surface area contributed by atoms with E-state index in [2.05, 4.69) is 6.58 Å². The van der Waals surface area contributed by atoms with Gasteiger partial charge >= 0.3 is 0 Å². The summed E-state index contributed by atoms with van der Waals surface area (Å²) in [4.78, 5) is 0. The van der Waals surface area contributed by atoms with Crippen LogP contribution in [0.3, 0.4) is 0 Å². The molecule has 0 heterocycles. The summed E-state index contributed by atoms with van der Waals surface area (Å²) in [7, 11) is 0. The number of allylic oxidation sites excluding steroid dienone is 2. The van der Waals surface area contributed by atoms with Crippen molar-refractivity contribution in [1.29, 1.82) is 0 Å². The van der Waals surface area contributed by atoms with Crippen molar-refractivity contribution in [1.82, 2.24) is 0 Å². The van der Waals surface area contributed by atoms with E-state index in [0.717, 1.165) is 0 Å². The molecule has 0 unspecified atom stereocenters. The van der Waals surface area contributed by atoms with Gasteiger partial charge in [-0.25, -0.2) is 0 Å². The molecule has 0 fully saturated rings. The van der Waals surface area contributed by atoms with Gasteiger partial charge in [0, 0.05) is 11.8 Å². The molecule has 0 aromatic rings. The minimum absolute atomic E-state index is 0.297. The third kappa shape index (κ3) is 4.44. The Morgan fingerprint density at radius 2 is 1.91 bits per heavy atom. The standard InChI is InChI=1S/C6H8Cl4Si/c1-6(5-8)11(9,10)4-2-3-7/h2,4H,1,3,5H2. The second kappa shape index (κ2) is 5.49. The molecule has 0 aromatic heterocycles. The number of halogens is 4. The molecule has 0 spiro atoms. The van der Waals surface area contributed by atoms with Crippen molar-refractivity contribution in [2.45, 2.75) is 0 Å². The molecule has 0 rings (SSSR count). The number of hydrogen-bond donors (Lipinski definition) is 0. The van der Waals surface area contributed by atoms with E-state index in [1.807, 2.05) is 0 Å². The second-order valence-corrected chi connectivity index (χ2v) is 8.94. The first-order valence-corrected chi connectivity index (χ1v) is 8.07. The molecule has 5 heteroatoms. The molecule has 0 saturated carbocycles. The lowest BCUT2D eigenvalue weighted by Crippen LogP contribution is -2.20. The predicted octanol–water partition coefficient (Wildman–Crippen LogP) is 3.57. The monoisotopic (exact) mass is 248 g/mol. The Bertz CT molecular complexity index is 164. The van der Waals surface area contributed by atoms with Crippen molar-refractivity contribution in [3.8, 4) is 0 Å². The van der Waals surface area contributed by atoms with Crippen molar-refractivity contribution in [2.24, 2.45) is 0 Å². The van der Waals surface area contributed by atoms with Gasteiger partial charge in [0.25, 0.3) is 6.69 Å². The zero-order chi connectivity index (χ0) is 8.91. The Morgan fingerprint density at radius 3 is 2.27 bits per heavy atom. The van der Waals surface area contributed by atoms with Gasteiger partial charge in [-0.05, 0) is 5.20 Å². The molecular formula is C6H8Cl4Si. The zero-order valence-corrected chi connectivity index (χ0v) is 9.81. The van der Waals surface area contributed by atoms with Crippen LogP contribution in [0.25, 0.3) is 0 Å². The summed E-state index contributed by atoms with van der Waals surface area (Å²) in [5.74, 6) is 0.704. The molecule has 0 aromatic carbocycles. The second-order valence-electron chi connectivity index (χ2n) is 1.92. The topological polar surface area (TPSA) is 0 Å². The SMILES string of the molecule is C=C(CCl)[Si](Cl)(Cl)C=CCCl. The molecule has 64 valence electrons. The summed E-state index contributed by atoms with van der Waals surface area (Å²) >= 11 is 22.8. The molecule has 0 N–H and O–H groups in total. The van der Waals surface area contributed by atoms with Crippen LogP contribution in [-0.2, 0) is 0 Å². The average Bonchev–Trinajstić information content (AvgIpc) is 1.99. The van der Waals surface area contributed by atoms with Gasteiger partial charge in [-0.2, -0.15) is 0 Å². The van der Waals surface area contributed by atoms with Crippen molar-refractivity contribution < 1.29 is 0 Å². The van der Waals surface area contributed by atoms with Crippen molar-refractivity contribution in [3.63, 3.8) is 0 Å². The van der Waals surface area contributed by atoms with Gasteiger partial charge in [-0.1, -0.05) is 18.4 Å². The van der Waals surface area contributed by atoms with Crippen molar-refractivity contribution in [3.05, 3.63) is 23.6 Å². The molecule has 0 bridgehead atoms. The minimum Gasteiger partial charge on any atom is -0.135 e. The molecule has 0 saturated heterocycles. The molecule has 0 aliphatic carbocycles. The number of alkyl halides is 2. The van der Waals surface area contributed by atoms with Crippen LogP contribution in [0, 0.1) is 0 Å². The fourth-order valence-electron chi connectivity index (χ4n) is 0.399. The highest BCUT2D eigenvalue weighted by Crippen LogP contribution is 2.25. The molecule has 0 amide bonds. The van der Waals surface area contributed by atoms with E-state index in [1.54, 1.807) is 11.8 Å². The Kier molecular flexibility index (Phi) is 5.92. The average molecular weight is 250 g/mol. The van der Waals surface area contributed by atoms with Crippen molar-refractivity contribution in [2.75, 3.05) is 11.8 Å². The van der Waals surface area contributed by atoms with Gasteiger partial charge in [-0.15, -0.1) is 45.4 Å². The lowest BCUT2D eigenvalue weighted by atomic mass is 10.7. The first kappa shape index (κ1) is 11.9. The van der Waals surface area contributed by atoms with Gasteiger partial charge in [0.1, 0.15) is 0 Å². The fraction of sp³-hybridized carbons (Fsp3) is 0.333. The number of hydrogen-bond acceptors (Lipinski definition) is 0. The summed E-state index contributed by atoms with van der Waals surface area (Å²) in [6.07, 6.45) is 1.71. The summed E-state index contributed by atoms with van der Waals surface area (Å²) < 4.78 is 0. The maximum atomic E-state index is 5.94. The Hall–Kier alpha value is 0.857. The number of rotatable bonds is 4. The van der Waals surface area contributed by atoms with Gasteiger partial charge in [0.2, 0.25) is 0 Å². The van der Waals surface area contributed by atoms with Crippen LogP contribution < -0.4 is 0 Å². The molecule has 0 aliphatic rings. The summed E-state index contributed by atoms with van der Waals surface area (Å²) in [6, 6.07) is 0. The Balaban J connectivity index is 4.20. The zero-order valence-electron chi connectivity index (χ0n) is 5.79. The first-order valence-electron chi connectivity index (χ1n) is 2.90. The third-order valence-corrected chi connectivity index (χ3v) is 5.91. The fourth-order valence-corrected chi connectivity index (χ4v) is 3.44. The van der Waals surface area contributed by atoms with Crippen LogP contribution in [0.2, 0.25) is 0 Å². The normalized spacial score (nSPS) is 12.4. The molecule has 0 nitrogen and oxygen atoms in total. The maximum Gasteiger partial charge on any atom is 0.300 e. The van der Waals surface area contributed by atoms with E-state index >= 15 is 0 Å². The smallest absolute Gasteiger partial charge is 0.135 e. The summed E-state index contributed by atoms with van der Waals surface area (Å²) in [5.41, 5.74) is 1.70. The van der Waals surface area contributed by atoms with E-state index in [4.69, 9.17) is 45.4 Å². The maximum absolute atomic E-state index is 5.94. The van der Waals surface area contributed by atoms with E-state index in [1.165, 1.54) is 0 Å². The lowest BCUT2D eigenvalue weighted by molar-refractivity contribution is 1.68. The van der Waals surface area contributed by atoms with Crippen molar-refractivity contribution >= 4 is 52.1 Å². The minimum atomic E-state index is -2.47. The molecule has 0 radical (unpaired) electrons. The van der Waals surface area contributed by atoms with Crippen LogP contribution in [0.15, 0.2) is 23.6 Å². The Morgan fingerprint density at radius 1 is 1.36 bits per heavy atom. The van der Waals surface area contributed by atoms with Gasteiger partial charge in [0.05, 0.1) is 0 Å². The van der Waals surface area contributed by atoms with Crippen LogP contribution in [-0.4, -0.2) is 18.5 Å².